The Bertz CT molecular complexity index is 1010. The van der Waals surface area contributed by atoms with Gasteiger partial charge in [0.25, 0.3) is 5.56 Å². The molecule has 0 aromatic carbocycles. The third kappa shape index (κ3) is 3.43. The van der Waals surface area contributed by atoms with E-state index in [2.05, 4.69) is 51.0 Å². The van der Waals surface area contributed by atoms with Crippen molar-refractivity contribution in [3.8, 4) is 0 Å². The molecule has 1 saturated heterocycles. The van der Waals surface area contributed by atoms with Gasteiger partial charge in [-0.25, -0.2) is 9.67 Å². The molecule has 1 aliphatic rings. The van der Waals surface area contributed by atoms with Gasteiger partial charge in [-0.1, -0.05) is 0 Å². The van der Waals surface area contributed by atoms with Gasteiger partial charge >= 0.3 is 0 Å². The molecule has 27 heavy (non-hydrogen) atoms. The number of nitrogens with zero attached hydrogens (tertiary/aromatic N) is 6. The van der Waals surface area contributed by atoms with Gasteiger partial charge in [-0.15, -0.1) is 11.3 Å². The Kier molecular flexibility index (Phi) is 4.41. The van der Waals surface area contributed by atoms with Crippen molar-refractivity contribution >= 4 is 33.5 Å². The maximum Gasteiger partial charge on any atom is 0.263 e. The monoisotopic (exact) mass is 387 g/mol. The van der Waals surface area contributed by atoms with Gasteiger partial charge < -0.3 is 9.80 Å². The molecule has 0 radical (unpaired) electrons. The lowest BCUT2D eigenvalue weighted by Crippen LogP contribution is -2.33. The lowest BCUT2D eigenvalue weighted by atomic mass is 10.1. The molecular formula is C18H25N7OS. The van der Waals surface area contributed by atoms with E-state index in [1.165, 1.54) is 0 Å². The molecule has 9 heteroatoms. The number of hydrogen-bond donors (Lipinski definition) is 1. The first-order chi connectivity index (χ1) is 12.8. The van der Waals surface area contributed by atoms with Crippen molar-refractivity contribution < 1.29 is 0 Å². The standard InChI is InChI=1S/C18H25N7OS/c1-12-11-27-17(20-12)24-7-5-6-23(8-9-24)16-21-14-13(15(26)22-16)10-19-25(14)18(2,3)4/h10-11H,5-9H2,1-4H3,(H,21,22,26). The van der Waals surface area contributed by atoms with Crippen LogP contribution in [-0.4, -0.2) is 50.9 Å². The van der Waals surface area contributed by atoms with Gasteiger partial charge in [0.2, 0.25) is 5.95 Å². The van der Waals surface area contributed by atoms with Crippen molar-refractivity contribution in [3.63, 3.8) is 0 Å². The first kappa shape index (κ1) is 18.0. The van der Waals surface area contributed by atoms with Crippen LogP contribution in [0.2, 0.25) is 0 Å². The number of aryl methyl sites for hydroxylation is 1. The predicted octanol–water partition coefficient (Wildman–Crippen LogP) is 2.36. The van der Waals surface area contributed by atoms with Gasteiger partial charge in [-0.3, -0.25) is 9.78 Å². The molecule has 4 heterocycles. The third-order valence-electron chi connectivity index (χ3n) is 4.73. The van der Waals surface area contributed by atoms with Crippen LogP contribution in [0.4, 0.5) is 11.1 Å². The molecule has 0 amide bonds. The molecule has 4 rings (SSSR count). The minimum absolute atomic E-state index is 0.137. The number of aromatic amines is 1. The lowest BCUT2D eigenvalue weighted by Gasteiger charge is -2.23. The fourth-order valence-electron chi connectivity index (χ4n) is 3.35. The second-order valence-electron chi connectivity index (χ2n) is 7.95. The number of hydrogen-bond acceptors (Lipinski definition) is 7. The highest BCUT2D eigenvalue weighted by Gasteiger charge is 2.23. The summed E-state index contributed by atoms with van der Waals surface area (Å²) in [5.41, 5.74) is 1.32. The van der Waals surface area contributed by atoms with Crippen LogP contribution in [0.25, 0.3) is 11.0 Å². The van der Waals surface area contributed by atoms with Gasteiger partial charge in [0.15, 0.2) is 10.8 Å². The highest BCUT2D eigenvalue weighted by molar-refractivity contribution is 7.13. The smallest absolute Gasteiger partial charge is 0.263 e. The minimum atomic E-state index is -0.238. The van der Waals surface area contributed by atoms with E-state index in [4.69, 9.17) is 4.98 Å². The number of H-pyrrole nitrogens is 1. The Morgan fingerprint density at radius 3 is 2.56 bits per heavy atom. The average molecular weight is 388 g/mol. The van der Waals surface area contributed by atoms with Crippen molar-refractivity contribution in [2.45, 2.75) is 39.7 Å². The number of nitrogens with one attached hydrogen (secondary N) is 1. The Morgan fingerprint density at radius 2 is 1.85 bits per heavy atom. The quantitative estimate of drug-likeness (QED) is 0.727. The largest absolute Gasteiger partial charge is 0.346 e. The summed E-state index contributed by atoms with van der Waals surface area (Å²) in [7, 11) is 0. The number of thiazole rings is 1. The summed E-state index contributed by atoms with van der Waals surface area (Å²) in [6.45, 7) is 11.6. The zero-order valence-electron chi connectivity index (χ0n) is 16.2. The van der Waals surface area contributed by atoms with Crippen LogP contribution in [0.1, 0.15) is 32.9 Å². The van der Waals surface area contributed by atoms with Crippen molar-refractivity contribution in [1.29, 1.82) is 0 Å². The molecule has 8 nitrogen and oxygen atoms in total. The van der Waals surface area contributed by atoms with E-state index in [0.29, 0.717) is 17.0 Å². The van der Waals surface area contributed by atoms with Crippen molar-refractivity contribution in [2.75, 3.05) is 36.0 Å². The first-order valence-corrected chi connectivity index (χ1v) is 10.1. The minimum Gasteiger partial charge on any atom is -0.346 e. The van der Waals surface area contributed by atoms with Crippen LogP contribution in [0.15, 0.2) is 16.4 Å². The van der Waals surface area contributed by atoms with Gasteiger partial charge in [-0.2, -0.15) is 10.1 Å². The van der Waals surface area contributed by atoms with E-state index >= 15 is 0 Å². The molecule has 0 saturated carbocycles. The van der Waals surface area contributed by atoms with E-state index in [0.717, 1.165) is 43.4 Å². The van der Waals surface area contributed by atoms with Gasteiger partial charge in [0.05, 0.1) is 17.4 Å². The normalized spacial score (nSPS) is 16.1. The molecular weight excluding hydrogens is 362 g/mol. The molecule has 0 spiro atoms. The number of fused-ring (bicyclic) bond motifs is 1. The summed E-state index contributed by atoms with van der Waals surface area (Å²) in [6.07, 6.45) is 2.59. The van der Waals surface area contributed by atoms with Gasteiger partial charge in [-0.05, 0) is 34.1 Å². The molecule has 0 bridgehead atoms. The number of aromatic nitrogens is 5. The second-order valence-corrected chi connectivity index (χ2v) is 8.79. The first-order valence-electron chi connectivity index (χ1n) is 9.23. The van der Waals surface area contributed by atoms with E-state index in [1.807, 2.05) is 11.6 Å². The molecule has 1 fully saturated rings. The van der Waals surface area contributed by atoms with E-state index < -0.39 is 0 Å². The Labute approximate surface area is 161 Å². The summed E-state index contributed by atoms with van der Waals surface area (Å²) >= 11 is 1.68. The molecule has 144 valence electrons. The molecule has 3 aromatic rings. The topological polar surface area (TPSA) is 82.9 Å². The summed E-state index contributed by atoms with van der Waals surface area (Å²) in [6, 6.07) is 0. The van der Waals surface area contributed by atoms with Crippen LogP contribution in [0, 0.1) is 6.92 Å². The Hall–Kier alpha value is -2.42. The summed E-state index contributed by atoms with van der Waals surface area (Å²) in [5.74, 6) is 0.621. The summed E-state index contributed by atoms with van der Waals surface area (Å²) < 4.78 is 1.82. The highest BCUT2D eigenvalue weighted by atomic mass is 32.1. The van der Waals surface area contributed by atoms with E-state index in [9.17, 15) is 4.79 Å². The van der Waals surface area contributed by atoms with E-state index in [1.54, 1.807) is 17.5 Å². The Balaban J connectivity index is 1.63. The van der Waals surface area contributed by atoms with Crippen LogP contribution >= 0.6 is 11.3 Å². The van der Waals surface area contributed by atoms with Crippen molar-refractivity contribution in [3.05, 3.63) is 27.6 Å². The van der Waals surface area contributed by atoms with Gasteiger partial charge in [0.1, 0.15) is 5.39 Å². The maximum absolute atomic E-state index is 12.6. The van der Waals surface area contributed by atoms with E-state index in [-0.39, 0.29) is 11.1 Å². The molecule has 1 aliphatic heterocycles. The van der Waals surface area contributed by atoms with Crippen molar-refractivity contribution in [1.82, 2.24) is 24.7 Å². The maximum atomic E-state index is 12.6. The zero-order chi connectivity index (χ0) is 19.2. The molecule has 0 atom stereocenters. The number of rotatable bonds is 2. The SMILES string of the molecule is Cc1csc(N2CCCN(c3nc4c(cnn4C(C)(C)C)c(=O)[nH]3)CC2)n1. The van der Waals surface area contributed by atoms with Crippen LogP contribution in [0.5, 0.6) is 0 Å². The molecule has 1 N–H and O–H groups in total. The van der Waals surface area contributed by atoms with Crippen LogP contribution in [0.3, 0.4) is 0 Å². The molecule has 3 aromatic heterocycles. The molecule has 0 aliphatic carbocycles. The fraction of sp³-hybridized carbons (Fsp3) is 0.556. The summed E-state index contributed by atoms with van der Waals surface area (Å²) in [4.78, 5) is 29.3. The van der Waals surface area contributed by atoms with Crippen LogP contribution < -0.4 is 15.4 Å². The average Bonchev–Trinajstić information content (AvgIpc) is 3.14. The summed E-state index contributed by atoms with van der Waals surface area (Å²) in [5, 5.41) is 8.07. The van der Waals surface area contributed by atoms with Crippen LogP contribution in [-0.2, 0) is 5.54 Å². The fourth-order valence-corrected chi connectivity index (χ4v) is 4.21. The Morgan fingerprint density at radius 1 is 1.11 bits per heavy atom. The number of anilines is 2. The lowest BCUT2D eigenvalue weighted by molar-refractivity contribution is 0.366. The highest BCUT2D eigenvalue weighted by Crippen LogP contribution is 2.23. The molecule has 0 unspecified atom stereocenters. The third-order valence-corrected chi connectivity index (χ3v) is 5.75. The van der Waals surface area contributed by atoms with Crippen molar-refractivity contribution in [2.24, 2.45) is 0 Å². The zero-order valence-corrected chi connectivity index (χ0v) is 17.0. The van der Waals surface area contributed by atoms with Gasteiger partial charge in [0, 0.05) is 31.6 Å². The second kappa shape index (κ2) is 6.63. The predicted molar refractivity (Wildman–Crippen MR) is 109 cm³/mol.